The molecule has 0 spiro atoms. The fourth-order valence-electron chi connectivity index (χ4n) is 1.72. The molecule has 0 radical (unpaired) electrons. The smallest absolute Gasteiger partial charge is 0.253 e. The summed E-state index contributed by atoms with van der Waals surface area (Å²) in [6.45, 7) is -2.57. The average molecular weight is 314 g/mol. The van der Waals surface area contributed by atoms with Crippen LogP contribution in [0.15, 0.2) is 22.9 Å². The SMILES string of the molecule is [2H]C1([2H])NC(=O)c2cc(-c3ccnc(Br)c3F)[nH]c2C1([2H])[2H]. The number of carbonyl (C=O) groups excluding carboxylic acids is 1. The lowest BCUT2D eigenvalue weighted by Gasteiger charge is -2.10. The zero-order valence-corrected chi connectivity index (χ0v) is 10.4. The number of rotatable bonds is 1. The summed E-state index contributed by atoms with van der Waals surface area (Å²) in [6.07, 6.45) is -1.12. The van der Waals surface area contributed by atoms with Crippen molar-refractivity contribution in [3.63, 3.8) is 0 Å². The normalized spacial score (nSPS) is 23.1. The second-order valence-electron chi connectivity index (χ2n) is 3.64. The Labute approximate surface area is 116 Å². The molecule has 2 aromatic heterocycles. The van der Waals surface area contributed by atoms with Crippen molar-refractivity contribution in [3.05, 3.63) is 40.0 Å². The number of nitrogens with zero attached hydrogens (tertiary/aromatic N) is 1. The highest BCUT2D eigenvalue weighted by Crippen LogP contribution is 2.28. The van der Waals surface area contributed by atoms with E-state index in [-0.39, 0.29) is 27.1 Å². The molecule has 2 aromatic rings. The van der Waals surface area contributed by atoms with Crippen LogP contribution in [0.4, 0.5) is 4.39 Å². The predicted molar refractivity (Wildman–Crippen MR) is 67.7 cm³/mol. The highest BCUT2D eigenvalue weighted by molar-refractivity contribution is 9.10. The topological polar surface area (TPSA) is 57.8 Å². The number of pyridine rings is 1. The first-order chi connectivity index (χ1) is 10.1. The maximum absolute atomic E-state index is 14.1. The second kappa shape index (κ2) is 4.20. The van der Waals surface area contributed by atoms with Crippen molar-refractivity contribution in [2.45, 2.75) is 6.37 Å². The standard InChI is InChI=1S/C12H9BrFN3O/c13-11-10(14)6(1-3-15-11)9-5-7-8(17-9)2-4-16-12(7)18/h1,3,5,17H,2,4H2,(H,16,18)/i2D2,4D2. The molecule has 4 nitrogen and oxygen atoms in total. The van der Waals surface area contributed by atoms with Gasteiger partial charge in [0.25, 0.3) is 5.91 Å². The first-order valence-electron chi connectivity index (χ1n) is 7.01. The van der Waals surface area contributed by atoms with Crippen molar-refractivity contribution in [3.8, 4) is 11.3 Å². The lowest BCUT2D eigenvalue weighted by atomic mass is 10.1. The summed E-state index contributed by atoms with van der Waals surface area (Å²) >= 11 is 2.95. The quantitative estimate of drug-likeness (QED) is 0.793. The molecule has 0 unspecified atom stereocenters. The number of aryl methyl sites for hydroxylation is 1. The maximum Gasteiger partial charge on any atom is 0.253 e. The highest BCUT2D eigenvalue weighted by Gasteiger charge is 2.21. The Morgan fingerprint density at radius 2 is 2.33 bits per heavy atom. The summed E-state index contributed by atoms with van der Waals surface area (Å²) in [5, 5.41) is 1.98. The van der Waals surface area contributed by atoms with Crippen LogP contribution in [0.5, 0.6) is 0 Å². The van der Waals surface area contributed by atoms with E-state index in [9.17, 15) is 9.18 Å². The molecule has 0 bridgehead atoms. The van der Waals surface area contributed by atoms with Gasteiger partial charge in [0.2, 0.25) is 0 Å². The van der Waals surface area contributed by atoms with Crippen molar-refractivity contribution in [1.29, 1.82) is 0 Å². The van der Waals surface area contributed by atoms with Gasteiger partial charge in [0.15, 0.2) is 5.82 Å². The van der Waals surface area contributed by atoms with E-state index in [0.717, 1.165) is 0 Å². The fraction of sp³-hybridized carbons (Fsp3) is 0.167. The van der Waals surface area contributed by atoms with Crippen molar-refractivity contribution >= 4 is 21.8 Å². The van der Waals surface area contributed by atoms with Crippen molar-refractivity contribution < 1.29 is 14.7 Å². The van der Waals surface area contributed by atoms with Crippen molar-refractivity contribution in [2.24, 2.45) is 0 Å². The first-order valence-corrected chi connectivity index (χ1v) is 5.81. The van der Waals surface area contributed by atoms with Crippen molar-refractivity contribution in [2.75, 3.05) is 6.50 Å². The number of H-pyrrole nitrogens is 1. The van der Waals surface area contributed by atoms with E-state index in [1.165, 1.54) is 18.3 Å². The molecular formula is C12H9BrFN3O. The average Bonchev–Trinajstić information content (AvgIpc) is 2.86. The van der Waals surface area contributed by atoms with Crippen LogP contribution < -0.4 is 5.32 Å². The number of carbonyl (C=O) groups is 1. The van der Waals surface area contributed by atoms with Gasteiger partial charge in [0, 0.05) is 41.5 Å². The van der Waals surface area contributed by atoms with Gasteiger partial charge in [-0.15, -0.1) is 0 Å². The third-order valence-electron chi connectivity index (χ3n) is 2.56. The van der Waals surface area contributed by atoms with Gasteiger partial charge in [-0.3, -0.25) is 4.79 Å². The third kappa shape index (κ3) is 1.73. The fourth-order valence-corrected chi connectivity index (χ4v) is 2.05. The van der Waals surface area contributed by atoms with Crippen LogP contribution in [-0.2, 0) is 6.37 Å². The lowest BCUT2D eigenvalue weighted by molar-refractivity contribution is 0.0946. The summed E-state index contributed by atoms with van der Waals surface area (Å²) in [7, 11) is 0. The number of aromatic nitrogens is 2. The van der Waals surface area contributed by atoms with Gasteiger partial charge in [-0.2, -0.15) is 0 Å². The monoisotopic (exact) mass is 313 g/mol. The van der Waals surface area contributed by atoms with Gasteiger partial charge in [-0.05, 0) is 28.1 Å². The van der Waals surface area contributed by atoms with Gasteiger partial charge >= 0.3 is 0 Å². The number of fused-ring (bicyclic) bond motifs is 1. The number of aromatic amines is 1. The zero-order chi connectivity index (χ0) is 16.3. The molecule has 0 saturated carbocycles. The van der Waals surface area contributed by atoms with Crippen molar-refractivity contribution in [1.82, 2.24) is 15.3 Å². The number of nitrogens with one attached hydrogen (secondary N) is 2. The van der Waals surface area contributed by atoms with Crippen LogP contribution in [0.3, 0.4) is 0 Å². The second-order valence-corrected chi connectivity index (χ2v) is 4.39. The molecule has 0 saturated heterocycles. The highest BCUT2D eigenvalue weighted by atomic mass is 79.9. The summed E-state index contributed by atoms with van der Waals surface area (Å²) in [6, 6.07) is 2.67. The molecule has 92 valence electrons. The molecule has 6 heteroatoms. The first kappa shape index (κ1) is 7.68. The molecule has 2 N–H and O–H groups in total. The van der Waals surface area contributed by atoms with E-state index >= 15 is 0 Å². The van der Waals surface area contributed by atoms with Crippen LogP contribution in [0.2, 0.25) is 0 Å². The number of halogens is 2. The summed E-state index contributed by atoms with van der Waals surface area (Å²) in [4.78, 5) is 18.3. The molecule has 3 heterocycles. The Morgan fingerprint density at radius 3 is 3.17 bits per heavy atom. The molecule has 1 aliphatic heterocycles. The Balaban J connectivity index is 2.21. The molecule has 18 heavy (non-hydrogen) atoms. The molecule has 0 fully saturated rings. The molecule has 1 aliphatic rings. The van der Waals surface area contributed by atoms with E-state index in [2.05, 4.69) is 25.9 Å². The maximum atomic E-state index is 14.1. The van der Waals surface area contributed by atoms with Gasteiger partial charge in [0.05, 0.1) is 5.56 Å². The van der Waals surface area contributed by atoms with E-state index in [0.29, 0.717) is 0 Å². The minimum absolute atomic E-state index is 0.0136. The van der Waals surface area contributed by atoms with Crippen LogP contribution >= 0.6 is 15.9 Å². The number of amides is 1. The van der Waals surface area contributed by atoms with E-state index in [1.807, 2.05) is 5.32 Å². The molecule has 3 rings (SSSR count). The van der Waals surface area contributed by atoms with Gasteiger partial charge < -0.3 is 10.3 Å². The molecule has 1 amide bonds. The molecular weight excluding hydrogens is 301 g/mol. The minimum Gasteiger partial charge on any atom is -0.358 e. The van der Waals surface area contributed by atoms with Crippen LogP contribution in [0.25, 0.3) is 11.3 Å². The summed E-state index contributed by atoms with van der Waals surface area (Å²) in [5.74, 6) is -1.42. The molecule has 0 aliphatic carbocycles. The Morgan fingerprint density at radius 1 is 1.50 bits per heavy atom. The van der Waals surface area contributed by atoms with Gasteiger partial charge in [0.1, 0.15) is 4.60 Å². The Kier molecular flexibility index (Phi) is 1.79. The lowest BCUT2D eigenvalue weighted by Crippen LogP contribution is -2.31. The zero-order valence-electron chi connectivity index (χ0n) is 12.8. The summed E-state index contributed by atoms with van der Waals surface area (Å²) in [5.41, 5.74) is -0.00574. The Bertz CT molecular complexity index is 793. The Hall–Kier alpha value is -1.69. The van der Waals surface area contributed by atoms with E-state index in [1.54, 1.807) is 0 Å². The number of hydrogen-bond acceptors (Lipinski definition) is 2. The molecule has 0 atom stereocenters. The number of hydrogen-bond donors (Lipinski definition) is 2. The third-order valence-corrected chi connectivity index (χ3v) is 3.12. The van der Waals surface area contributed by atoms with Crippen LogP contribution in [0, 0.1) is 5.82 Å². The summed E-state index contributed by atoms with van der Waals surface area (Å²) < 4.78 is 45.1. The van der Waals surface area contributed by atoms with Gasteiger partial charge in [-0.25, -0.2) is 9.37 Å². The van der Waals surface area contributed by atoms with E-state index < -0.39 is 24.6 Å². The minimum atomic E-state index is -2.57. The molecule has 0 aromatic carbocycles. The van der Waals surface area contributed by atoms with Gasteiger partial charge in [-0.1, -0.05) is 0 Å². The largest absolute Gasteiger partial charge is 0.358 e. The van der Waals surface area contributed by atoms with Crippen LogP contribution in [-0.4, -0.2) is 22.4 Å². The van der Waals surface area contributed by atoms with Crippen LogP contribution in [0.1, 0.15) is 21.5 Å². The predicted octanol–water partition coefficient (Wildman–Crippen LogP) is 2.26. The van der Waals surface area contributed by atoms with E-state index in [4.69, 9.17) is 5.48 Å².